The Kier molecular flexibility index (Phi) is 7.74. The van der Waals surface area contributed by atoms with Gasteiger partial charge in [0.25, 0.3) is 5.24 Å². The minimum absolute atomic E-state index is 0.234. The van der Waals surface area contributed by atoms with Crippen LogP contribution in [0.4, 0.5) is 4.79 Å². The number of fused-ring (bicyclic) bond motifs is 1. The maximum atomic E-state index is 11.9. The Morgan fingerprint density at radius 2 is 1.60 bits per heavy atom. The quantitative estimate of drug-likeness (QED) is 0.203. The Morgan fingerprint density at radius 3 is 2.21 bits per heavy atom. The summed E-state index contributed by atoms with van der Waals surface area (Å²) in [6.45, 7) is 14.4. The first-order chi connectivity index (χ1) is 19.7. The SMILES string of the molecule is CC(Oc1ccc(CC2SC(=O)NC2=O)cc1)c1nc2ccc(Oc3cc(C(C)(C)C)c(O)cc3C(C)(C)C)cc2[nH]1. The number of rotatable bonds is 7. The summed E-state index contributed by atoms with van der Waals surface area (Å²) in [6.07, 6.45) is 0.130. The van der Waals surface area contributed by atoms with E-state index in [1.54, 1.807) is 0 Å². The molecule has 3 N–H and O–H groups in total. The fourth-order valence-corrected chi connectivity index (χ4v) is 5.80. The van der Waals surface area contributed by atoms with Crippen molar-refractivity contribution in [3.8, 4) is 23.0 Å². The van der Waals surface area contributed by atoms with Crippen molar-refractivity contribution in [2.45, 2.75) is 77.1 Å². The maximum absolute atomic E-state index is 11.9. The lowest BCUT2D eigenvalue weighted by Crippen LogP contribution is -2.25. The third-order valence-electron chi connectivity index (χ3n) is 7.22. The van der Waals surface area contributed by atoms with Crippen LogP contribution in [-0.2, 0) is 22.0 Å². The first-order valence-corrected chi connectivity index (χ1v) is 14.9. The standard InChI is InChI=1S/C33H37N3O5S/c1-18(40-20-10-8-19(9-11-20)14-28-30(38)36-31(39)42-28)29-34-24-13-12-21(15-25(24)35-29)41-27-17-22(32(2,3)4)26(37)16-23(27)33(5,6)7/h8-13,15-18,28,37H,14H2,1-7H3,(H,34,35)(H,36,38,39). The van der Waals surface area contributed by atoms with E-state index in [9.17, 15) is 14.7 Å². The van der Waals surface area contributed by atoms with Crippen molar-refractivity contribution in [1.29, 1.82) is 0 Å². The molecule has 0 aliphatic carbocycles. The summed E-state index contributed by atoms with van der Waals surface area (Å²) < 4.78 is 12.6. The van der Waals surface area contributed by atoms with Gasteiger partial charge >= 0.3 is 0 Å². The Labute approximate surface area is 250 Å². The molecule has 8 nitrogen and oxygen atoms in total. The van der Waals surface area contributed by atoms with Crippen LogP contribution in [0, 0.1) is 0 Å². The largest absolute Gasteiger partial charge is 0.508 e. The van der Waals surface area contributed by atoms with E-state index >= 15 is 0 Å². The van der Waals surface area contributed by atoms with E-state index in [4.69, 9.17) is 14.5 Å². The number of ether oxygens (including phenoxy) is 2. The summed E-state index contributed by atoms with van der Waals surface area (Å²) in [5.74, 6) is 2.75. The first-order valence-electron chi connectivity index (χ1n) is 14.0. The molecular weight excluding hydrogens is 550 g/mol. The molecule has 9 heteroatoms. The number of aromatic nitrogens is 2. The Bertz CT molecular complexity index is 1650. The predicted molar refractivity (Wildman–Crippen MR) is 166 cm³/mol. The van der Waals surface area contributed by atoms with Crippen LogP contribution < -0.4 is 14.8 Å². The van der Waals surface area contributed by atoms with E-state index in [0.717, 1.165) is 39.5 Å². The molecule has 2 amide bonds. The van der Waals surface area contributed by atoms with Gasteiger partial charge in [-0.3, -0.25) is 14.9 Å². The minimum Gasteiger partial charge on any atom is -0.508 e. The zero-order valence-electron chi connectivity index (χ0n) is 25.0. The summed E-state index contributed by atoms with van der Waals surface area (Å²) in [4.78, 5) is 31.4. The van der Waals surface area contributed by atoms with Crippen LogP contribution in [0.1, 0.15) is 77.1 Å². The molecular formula is C33H37N3O5S. The number of benzene rings is 3. The lowest BCUT2D eigenvalue weighted by atomic mass is 9.81. The van der Waals surface area contributed by atoms with Crippen LogP contribution in [0.2, 0.25) is 0 Å². The fourth-order valence-electron chi connectivity index (χ4n) is 4.94. The van der Waals surface area contributed by atoms with Gasteiger partial charge in [0.2, 0.25) is 5.91 Å². The average Bonchev–Trinajstić information content (AvgIpc) is 3.46. The van der Waals surface area contributed by atoms with Crippen LogP contribution in [0.25, 0.3) is 11.0 Å². The van der Waals surface area contributed by atoms with Gasteiger partial charge < -0.3 is 19.6 Å². The number of carbonyl (C=O) groups is 2. The third-order valence-corrected chi connectivity index (χ3v) is 8.20. The monoisotopic (exact) mass is 587 g/mol. The molecule has 2 atom stereocenters. The number of hydrogen-bond acceptors (Lipinski definition) is 7. The number of aromatic amines is 1. The molecule has 5 rings (SSSR count). The number of imidazole rings is 1. The number of nitrogens with one attached hydrogen (secondary N) is 2. The van der Waals surface area contributed by atoms with E-state index in [1.807, 2.05) is 61.5 Å². The van der Waals surface area contributed by atoms with Crippen molar-refractivity contribution in [3.63, 3.8) is 0 Å². The van der Waals surface area contributed by atoms with Gasteiger partial charge in [-0.1, -0.05) is 65.4 Å². The van der Waals surface area contributed by atoms with Crippen LogP contribution in [0.5, 0.6) is 23.0 Å². The highest BCUT2D eigenvalue weighted by Gasteiger charge is 2.31. The zero-order valence-corrected chi connectivity index (χ0v) is 25.8. The highest BCUT2D eigenvalue weighted by Crippen LogP contribution is 2.42. The number of phenolic OH excluding ortho intramolecular Hbond substituents is 1. The lowest BCUT2D eigenvalue weighted by molar-refractivity contribution is -0.118. The van der Waals surface area contributed by atoms with E-state index < -0.39 is 5.25 Å². The van der Waals surface area contributed by atoms with Crippen molar-refractivity contribution in [3.05, 3.63) is 77.1 Å². The molecule has 1 fully saturated rings. The smallest absolute Gasteiger partial charge is 0.286 e. The molecule has 1 aromatic heterocycles. The van der Waals surface area contributed by atoms with E-state index in [0.29, 0.717) is 29.5 Å². The molecule has 0 spiro atoms. The summed E-state index contributed by atoms with van der Waals surface area (Å²) in [7, 11) is 0. The van der Waals surface area contributed by atoms with Crippen LogP contribution in [-0.4, -0.2) is 31.5 Å². The van der Waals surface area contributed by atoms with Gasteiger partial charge in [0.05, 0.1) is 16.3 Å². The second kappa shape index (κ2) is 11.0. The van der Waals surface area contributed by atoms with Gasteiger partial charge in [-0.15, -0.1) is 0 Å². The summed E-state index contributed by atoms with van der Waals surface area (Å²) in [6, 6.07) is 17.0. The molecule has 4 aromatic rings. The Morgan fingerprint density at radius 1 is 0.929 bits per heavy atom. The number of carbonyl (C=O) groups excluding carboxylic acids is 2. The van der Waals surface area contributed by atoms with Crippen molar-refractivity contribution in [2.24, 2.45) is 0 Å². The Hall–Kier alpha value is -3.98. The molecule has 0 radical (unpaired) electrons. The molecule has 0 bridgehead atoms. The number of nitrogens with zero attached hydrogens (tertiary/aromatic N) is 1. The van der Waals surface area contributed by atoms with Crippen LogP contribution in [0.3, 0.4) is 0 Å². The number of H-pyrrole nitrogens is 1. The fraction of sp³-hybridized carbons (Fsp3) is 0.364. The van der Waals surface area contributed by atoms with Gasteiger partial charge in [0.1, 0.15) is 28.8 Å². The highest BCUT2D eigenvalue weighted by atomic mass is 32.2. The molecule has 220 valence electrons. The average molecular weight is 588 g/mol. The topological polar surface area (TPSA) is 114 Å². The third kappa shape index (κ3) is 6.41. The minimum atomic E-state index is -0.401. The maximum Gasteiger partial charge on any atom is 0.286 e. The molecule has 2 heterocycles. The summed E-state index contributed by atoms with van der Waals surface area (Å²) >= 11 is 1.03. The number of aromatic hydroxyl groups is 1. The van der Waals surface area contributed by atoms with Crippen molar-refractivity contribution in [2.75, 3.05) is 0 Å². The second-order valence-corrected chi connectivity index (χ2v) is 13.9. The summed E-state index contributed by atoms with van der Waals surface area (Å²) in [5, 5.41) is 12.4. The zero-order chi connectivity index (χ0) is 30.4. The molecule has 1 aliphatic heterocycles. The number of phenols is 1. The van der Waals surface area contributed by atoms with Gasteiger partial charge in [0, 0.05) is 17.2 Å². The van der Waals surface area contributed by atoms with Gasteiger partial charge in [-0.05, 0) is 66.1 Å². The molecule has 0 saturated carbocycles. The normalized spacial score (nSPS) is 16.5. The predicted octanol–water partition coefficient (Wildman–Crippen LogP) is 7.69. The second-order valence-electron chi connectivity index (χ2n) is 12.8. The summed E-state index contributed by atoms with van der Waals surface area (Å²) in [5.41, 5.74) is 3.83. The molecule has 42 heavy (non-hydrogen) atoms. The number of thioether (sulfide) groups is 1. The van der Waals surface area contributed by atoms with Crippen molar-refractivity contribution < 1.29 is 24.2 Å². The molecule has 1 saturated heterocycles. The molecule has 1 aliphatic rings. The molecule has 2 unspecified atom stereocenters. The Balaban J connectivity index is 1.32. The number of amides is 2. The van der Waals surface area contributed by atoms with Gasteiger partial charge in [-0.2, -0.15) is 0 Å². The molecule has 3 aromatic carbocycles. The van der Waals surface area contributed by atoms with Gasteiger partial charge in [-0.25, -0.2) is 4.98 Å². The van der Waals surface area contributed by atoms with Crippen molar-refractivity contribution >= 4 is 33.9 Å². The number of hydrogen-bond donors (Lipinski definition) is 3. The highest BCUT2D eigenvalue weighted by molar-refractivity contribution is 8.15. The van der Waals surface area contributed by atoms with Crippen molar-refractivity contribution in [1.82, 2.24) is 15.3 Å². The number of imide groups is 1. The lowest BCUT2D eigenvalue weighted by Gasteiger charge is -2.27. The van der Waals surface area contributed by atoms with Crippen LogP contribution in [0.15, 0.2) is 54.6 Å². The van der Waals surface area contributed by atoms with Crippen LogP contribution >= 0.6 is 11.8 Å². The first kappa shape index (κ1) is 29.5. The van der Waals surface area contributed by atoms with E-state index in [1.165, 1.54) is 0 Å². The van der Waals surface area contributed by atoms with E-state index in [2.05, 4.69) is 51.8 Å². The van der Waals surface area contributed by atoms with Gasteiger partial charge in [0.15, 0.2) is 6.10 Å². The van der Waals surface area contributed by atoms with E-state index in [-0.39, 0.29) is 33.8 Å².